The number of allylic oxidation sites excluding steroid dienone is 8. The number of anilines is 1. The van der Waals surface area contributed by atoms with Crippen molar-refractivity contribution in [3.8, 4) is 0 Å². The van der Waals surface area contributed by atoms with Gasteiger partial charge in [-0.3, -0.25) is 14.1 Å². The van der Waals surface area contributed by atoms with E-state index in [4.69, 9.17) is 19.8 Å². The Morgan fingerprint density at radius 2 is 1.47 bits per heavy atom. The summed E-state index contributed by atoms with van der Waals surface area (Å²) in [6.45, 7) is 9.78. The van der Waals surface area contributed by atoms with Crippen LogP contribution in [-0.4, -0.2) is 63.8 Å². The van der Waals surface area contributed by atoms with Crippen LogP contribution in [0.4, 0.5) is 11.4 Å². The minimum Gasteiger partial charge on any atom is -0.481 e. The summed E-state index contributed by atoms with van der Waals surface area (Å²) < 4.78 is 41.0. The molecule has 0 radical (unpaired) electrons. The van der Waals surface area contributed by atoms with Crippen LogP contribution < -0.4 is 4.90 Å². The number of fused-ring (bicyclic) bond motifs is 2. The average molecular weight is 798 g/mol. The maximum absolute atomic E-state index is 12.1. The fourth-order valence-corrected chi connectivity index (χ4v) is 8.79. The molecular weight excluding hydrogens is 745 g/mol. The van der Waals surface area contributed by atoms with Crippen molar-refractivity contribution in [3.63, 3.8) is 0 Å². The highest BCUT2D eigenvalue weighted by molar-refractivity contribution is 7.94. The molecule has 2 aliphatic rings. The van der Waals surface area contributed by atoms with E-state index >= 15 is 0 Å². The fraction of sp³-hybridized carbons (Fsp3) is 0.439. The standard InChI is InChI=1S/C41H52N2O10S2/c1-5-42-34-24-22-30(54-53-52-48)28-32(34)40(3,26-16-10-14-20-38(44)45)36(42)18-12-8-7-9-13-19-37-41(4,27-17-11-15-21-39(46)47)33-29-31(55(49,50)51)23-25-35(33)43(37)6-2/h7-9,12-13,18-19,22-25,28-29H,5-6,10-11,14-17,20-21,26-27H2,1-4H3,(H3-,44,45,46,47,48,49,50,51)/p+1. The molecule has 2 heterocycles. The van der Waals surface area contributed by atoms with Crippen LogP contribution in [-0.2, 0) is 39.9 Å². The van der Waals surface area contributed by atoms with Crippen LogP contribution in [0.3, 0.4) is 0 Å². The van der Waals surface area contributed by atoms with Gasteiger partial charge in [-0.15, -0.1) is 4.33 Å². The lowest BCUT2D eigenvalue weighted by Gasteiger charge is -2.30. The molecule has 0 aliphatic carbocycles. The van der Waals surface area contributed by atoms with E-state index in [1.54, 1.807) is 12.1 Å². The van der Waals surface area contributed by atoms with Crippen molar-refractivity contribution in [2.24, 2.45) is 0 Å². The number of likely N-dealkylation sites (N-methyl/N-ethyl adjacent to an activating group) is 1. The van der Waals surface area contributed by atoms with Crippen LogP contribution in [0, 0.1) is 0 Å². The molecule has 0 aromatic heterocycles. The molecule has 2 atom stereocenters. The Bertz CT molecular complexity index is 1970. The van der Waals surface area contributed by atoms with Crippen LogP contribution in [0.15, 0.2) is 94.4 Å². The lowest BCUT2D eigenvalue weighted by atomic mass is 9.75. The SMILES string of the molecule is CCN1\C(=C/C=C/C=C/C=C/C2=[N+](CC)c3ccc(SOOO)cc3C2(C)CCCCCC(=O)O)C(C)(CCCCCC(=O)O)c2cc(S(=O)(=O)O)ccc21. The van der Waals surface area contributed by atoms with E-state index in [9.17, 15) is 22.6 Å². The van der Waals surface area contributed by atoms with Crippen LogP contribution in [0.25, 0.3) is 0 Å². The van der Waals surface area contributed by atoms with E-state index in [2.05, 4.69) is 41.4 Å². The second-order valence-electron chi connectivity index (χ2n) is 14.2. The zero-order valence-electron chi connectivity index (χ0n) is 31.9. The quantitative estimate of drug-likeness (QED) is 0.0169. The summed E-state index contributed by atoms with van der Waals surface area (Å²) in [7, 11) is -4.41. The minimum atomic E-state index is -4.41. The lowest BCUT2D eigenvalue weighted by molar-refractivity contribution is -0.433. The molecule has 55 heavy (non-hydrogen) atoms. The minimum absolute atomic E-state index is 0.0980. The molecule has 12 nitrogen and oxygen atoms in total. The molecule has 0 amide bonds. The van der Waals surface area contributed by atoms with E-state index in [1.165, 1.54) is 6.07 Å². The number of carboxylic acid groups (broad SMARTS) is 2. The maximum atomic E-state index is 12.1. The molecular formula is C41H53N2O10S2+. The summed E-state index contributed by atoms with van der Waals surface area (Å²) in [5.74, 6) is -1.62. The Morgan fingerprint density at radius 3 is 2.07 bits per heavy atom. The molecule has 0 saturated heterocycles. The highest BCUT2D eigenvalue weighted by atomic mass is 32.2. The molecule has 0 spiro atoms. The van der Waals surface area contributed by atoms with Crippen LogP contribution in [0.1, 0.15) is 103 Å². The highest BCUT2D eigenvalue weighted by Gasteiger charge is 2.47. The lowest BCUT2D eigenvalue weighted by Crippen LogP contribution is -2.31. The molecule has 0 bridgehead atoms. The Hall–Kier alpha value is -4.05. The molecule has 2 aromatic carbocycles. The van der Waals surface area contributed by atoms with Gasteiger partial charge in [0.15, 0.2) is 5.71 Å². The van der Waals surface area contributed by atoms with Crippen molar-refractivity contribution in [1.29, 1.82) is 0 Å². The van der Waals surface area contributed by atoms with Crippen molar-refractivity contribution in [3.05, 3.63) is 95.8 Å². The zero-order valence-corrected chi connectivity index (χ0v) is 33.6. The third-order valence-electron chi connectivity index (χ3n) is 10.6. The van der Waals surface area contributed by atoms with E-state index in [1.807, 2.05) is 61.6 Å². The van der Waals surface area contributed by atoms with E-state index in [-0.39, 0.29) is 23.2 Å². The third-order valence-corrected chi connectivity index (χ3v) is 12.0. The van der Waals surface area contributed by atoms with Gasteiger partial charge in [0.25, 0.3) is 10.1 Å². The molecule has 4 N–H and O–H groups in total. The first-order valence-corrected chi connectivity index (χ1v) is 20.9. The van der Waals surface area contributed by atoms with E-state index in [0.29, 0.717) is 25.8 Å². The van der Waals surface area contributed by atoms with Crippen molar-refractivity contribution in [2.45, 2.75) is 113 Å². The molecule has 298 valence electrons. The molecule has 14 heteroatoms. The maximum Gasteiger partial charge on any atom is 0.303 e. The Balaban J connectivity index is 1.59. The summed E-state index contributed by atoms with van der Waals surface area (Å²) in [6.07, 6.45) is 19.9. The topological polar surface area (TPSA) is 174 Å². The van der Waals surface area contributed by atoms with Gasteiger partial charge in [0.2, 0.25) is 5.69 Å². The number of rotatable bonds is 22. The Labute approximate surface area is 328 Å². The first-order valence-electron chi connectivity index (χ1n) is 18.7. The van der Waals surface area contributed by atoms with Gasteiger partial charge in [0.05, 0.1) is 22.4 Å². The third kappa shape index (κ3) is 10.6. The predicted octanol–water partition coefficient (Wildman–Crippen LogP) is 9.16. The number of carbonyl (C=O) groups is 2. The smallest absolute Gasteiger partial charge is 0.303 e. The monoisotopic (exact) mass is 797 g/mol. The summed E-state index contributed by atoms with van der Waals surface area (Å²) in [5, 5.41) is 30.7. The van der Waals surface area contributed by atoms with Crippen molar-refractivity contribution < 1.29 is 52.0 Å². The number of aliphatic carboxylic acids is 2. The zero-order chi connectivity index (χ0) is 40.2. The summed E-state index contributed by atoms with van der Waals surface area (Å²) in [6, 6.07) is 10.7. The van der Waals surface area contributed by atoms with Gasteiger partial charge in [0.1, 0.15) is 6.54 Å². The van der Waals surface area contributed by atoms with Crippen LogP contribution in [0.5, 0.6) is 0 Å². The van der Waals surface area contributed by atoms with Gasteiger partial charge in [0, 0.05) is 58.8 Å². The number of hydrogen-bond acceptors (Lipinski definition) is 9. The molecule has 4 rings (SSSR count). The van der Waals surface area contributed by atoms with Crippen molar-refractivity contribution in [1.82, 2.24) is 0 Å². The number of benzene rings is 2. The van der Waals surface area contributed by atoms with E-state index in [0.717, 1.165) is 89.5 Å². The van der Waals surface area contributed by atoms with Gasteiger partial charge in [-0.05, 0) is 95.3 Å². The van der Waals surface area contributed by atoms with Gasteiger partial charge in [-0.1, -0.05) is 61.1 Å². The molecule has 2 aliphatic heterocycles. The molecule has 0 saturated carbocycles. The van der Waals surface area contributed by atoms with Crippen molar-refractivity contribution in [2.75, 3.05) is 18.0 Å². The normalized spacial score (nSPS) is 20.5. The van der Waals surface area contributed by atoms with Gasteiger partial charge in [-0.25, -0.2) is 5.26 Å². The number of hydrogen-bond donors (Lipinski definition) is 4. The highest BCUT2D eigenvalue weighted by Crippen LogP contribution is 2.51. The number of nitrogens with zero attached hydrogens (tertiary/aromatic N) is 2. The van der Waals surface area contributed by atoms with Gasteiger partial charge < -0.3 is 15.1 Å². The first-order chi connectivity index (χ1) is 26.2. The summed E-state index contributed by atoms with van der Waals surface area (Å²) in [5.41, 5.74) is 5.03. The summed E-state index contributed by atoms with van der Waals surface area (Å²) >= 11 is 0.913. The second-order valence-corrected chi connectivity index (χ2v) is 16.4. The Morgan fingerprint density at radius 1 is 0.836 bits per heavy atom. The molecule has 2 unspecified atom stereocenters. The first kappa shape index (κ1) is 43.7. The number of unbranched alkanes of at least 4 members (excludes halogenated alkanes) is 4. The Kier molecular flexibility index (Phi) is 15.6. The number of carboxylic acids is 2. The van der Waals surface area contributed by atoms with Gasteiger partial charge in [-0.2, -0.15) is 13.0 Å². The molecule has 0 fully saturated rings. The predicted molar refractivity (Wildman–Crippen MR) is 213 cm³/mol. The summed E-state index contributed by atoms with van der Waals surface area (Å²) in [4.78, 5) is 24.9. The van der Waals surface area contributed by atoms with Gasteiger partial charge >= 0.3 is 11.9 Å². The largest absolute Gasteiger partial charge is 0.481 e. The van der Waals surface area contributed by atoms with Crippen LogP contribution >= 0.6 is 12.0 Å². The van der Waals surface area contributed by atoms with Crippen LogP contribution in [0.2, 0.25) is 0 Å². The fourth-order valence-electron chi connectivity index (χ4n) is 7.89. The average Bonchev–Trinajstić information content (AvgIpc) is 3.52. The van der Waals surface area contributed by atoms with Crippen molar-refractivity contribution >= 4 is 51.2 Å². The molecule has 2 aromatic rings. The van der Waals surface area contributed by atoms with E-state index < -0.39 is 27.5 Å². The second kappa shape index (κ2) is 19.7.